The summed E-state index contributed by atoms with van der Waals surface area (Å²) in [7, 11) is 0. The van der Waals surface area contributed by atoms with Crippen molar-refractivity contribution in [1.82, 2.24) is 9.97 Å². The quantitative estimate of drug-likeness (QED) is 0.171. The van der Waals surface area contributed by atoms with Gasteiger partial charge in [0.1, 0.15) is 0 Å². The van der Waals surface area contributed by atoms with Gasteiger partial charge in [-0.2, -0.15) is 0 Å². The summed E-state index contributed by atoms with van der Waals surface area (Å²) in [5, 5.41) is 4.87. The molecule has 0 atom stereocenters. The molecule has 9 aromatic rings. The van der Waals surface area contributed by atoms with Gasteiger partial charge in [-0.1, -0.05) is 159 Å². The monoisotopic (exact) mass is 706 g/mol. The fraction of sp³-hybridized carbons (Fsp3) is 0.0588. The van der Waals surface area contributed by atoms with Crippen LogP contribution in [0.15, 0.2) is 170 Å². The van der Waals surface area contributed by atoms with Crippen molar-refractivity contribution in [3.05, 3.63) is 181 Å². The number of benzene rings is 8. The Balaban J connectivity index is 1.05. The highest BCUT2D eigenvalue weighted by Gasteiger charge is 2.39. The smallest absolute Gasteiger partial charge is 0.178 e. The zero-order valence-corrected chi connectivity index (χ0v) is 30.4. The topological polar surface area (TPSA) is 44.2 Å². The second kappa shape index (κ2) is 12.0. The van der Waals surface area contributed by atoms with Gasteiger partial charge in [-0.3, -0.25) is 0 Å². The zero-order chi connectivity index (χ0) is 36.7. The molecular formula is C51H34N2O2. The molecule has 0 N–H and O–H groups in total. The third kappa shape index (κ3) is 4.92. The Morgan fingerprint density at radius 1 is 0.418 bits per heavy atom. The van der Waals surface area contributed by atoms with Crippen LogP contribution in [0.3, 0.4) is 0 Å². The van der Waals surface area contributed by atoms with Crippen LogP contribution < -0.4 is 9.47 Å². The minimum Gasteiger partial charge on any atom is -0.449 e. The molecule has 0 amide bonds. The lowest BCUT2D eigenvalue weighted by Crippen LogP contribution is -2.15. The van der Waals surface area contributed by atoms with Gasteiger partial charge < -0.3 is 9.47 Å². The maximum atomic E-state index is 6.86. The number of aromatic nitrogens is 2. The first kappa shape index (κ1) is 31.5. The Bertz CT molecular complexity index is 3020. The van der Waals surface area contributed by atoms with Crippen LogP contribution in [0.1, 0.15) is 25.0 Å². The van der Waals surface area contributed by atoms with Gasteiger partial charge in [0.05, 0.1) is 11.4 Å². The van der Waals surface area contributed by atoms with E-state index in [-0.39, 0.29) is 5.41 Å². The SMILES string of the molecule is CC1(C)c2ccccc2-c2c1ccc1c2Oc2cccc(-c3ccccc3-c3cc(-c4ccc5c(ccc6ccccc65)c4)nc(-c4ccccc4)n3)c2O1. The van der Waals surface area contributed by atoms with Crippen molar-refractivity contribution in [3.63, 3.8) is 0 Å². The van der Waals surface area contributed by atoms with E-state index in [4.69, 9.17) is 19.4 Å². The van der Waals surface area contributed by atoms with Crippen LogP contribution in [-0.4, -0.2) is 9.97 Å². The number of hydrogen-bond donors (Lipinski definition) is 0. The average molecular weight is 707 g/mol. The first-order chi connectivity index (χ1) is 27.0. The van der Waals surface area contributed by atoms with E-state index in [0.29, 0.717) is 23.1 Å². The van der Waals surface area contributed by atoms with Crippen LogP contribution in [0.5, 0.6) is 23.0 Å². The molecule has 260 valence electrons. The lowest BCUT2D eigenvalue weighted by atomic mass is 9.82. The van der Waals surface area contributed by atoms with Gasteiger partial charge in [-0.15, -0.1) is 0 Å². The molecule has 0 unspecified atom stereocenters. The highest BCUT2D eigenvalue weighted by Crippen LogP contribution is 2.59. The summed E-state index contributed by atoms with van der Waals surface area (Å²) < 4.78 is 13.7. The van der Waals surface area contributed by atoms with E-state index in [1.54, 1.807) is 0 Å². The van der Waals surface area contributed by atoms with Crippen molar-refractivity contribution >= 4 is 21.5 Å². The average Bonchev–Trinajstić information content (AvgIpc) is 3.48. The third-order valence-corrected chi connectivity index (χ3v) is 11.4. The second-order valence-corrected chi connectivity index (χ2v) is 14.9. The number of para-hydroxylation sites is 1. The molecule has 4 heteroatoms. The van der Waals surface area contributed by atoms with Crippen LogP contribution >= 0.6 is 0 Å². The molecule has 0 saturated heterocycles. The summed E-state index contributed by atoms with van der Waals surface area (Å²) >= 11 is 0. The Hall–Kier alpha value is -7.04. The summed E-state index contributed by atoms with van der Waals surface area (Å²) in [6.07, 6.45) is 0. The van der Waals surface area contributed by atoms with Crippen molar-refractivity contribution in [2.75, 3.05) is 0 Å². The highest BCUT2D eigenvalue weighted by molar-refractivity contribution is 6.08. The lowest BCUT2D eigenvalue weighted by Gasteiger charge is -2.26. The van der Waals surface area contributed by atoms with Crippen LogP contribution in [0.2, 0.25) is 0 Å². The fourth-order valence-electron chi connectivity index (χ4n) is 8.62. The second-order valence-electron chi connectivity index (χ2n) is 14.9. The Labute approximate surface area is 319 Å². The maximum absolute atomic E-state index is 6.86. The molecular weight excluding hydrogens is 673 g/mol. The van der Waals surface area contributed by atoms with Crippen molar-refractivity contribution in [2.45, 2.75) is 19.3 Å². The molecule has 1 aliphatic carbocycles. The van der Waals surface area contributed by atoms with Crippen LogP contribution in [0, 0.1) is 0 Å². The summed E-state index contributed by atoms with van der Waals surface area (Å²) in [5.41, 5.74) is 11.3. The number of hydrogen-bond acceptors (Lipinski definition) is 4. The molecule has 1 aliphatic heterocycles. The van der Waals surface area contributed by atoms with Crippen LogP contribution in [0.4, 0.5) is 0 Å². The van der Waals surface area contributed by atoms with E-state index >= 15 is 0 Å². The Kier molecular flexibility index (Phi) is 6.86. The van der Waals surface area contributed by atoms with E-state index in [2.05, 4.69) is 153 Å². The maximum Gasteiger partial charge on any atom is 0.178 e. The molecule has 8 aromatic carbocycles. The van der Waals surface area contributed by atoms with Crippen LogP contribution in [-0.2, 0) is 5.41 Å². The molecule has 0 saturated carbocycles. The summed E-state index contributed by atoms with van der Waals surface area (Å²) in [6, 6.07) is 59.3. The molecule has 0 radical (unpaired) electrons. The van der Waals surface area contributed by atoms with Crippen LogP contribution in [0.25, 0.3) is 77.7 Å². The minimum atomic E-state index is -0.137. The van der Waals surface area contributed by atoms with Gasteiger partial charge in [-0.25, -0.2) is 9.97 Å². The van der Waals surface area contributed by atoms with E-state index < -0.39 is 0 Å². The Morgan fingerprint density at radius 3 is 1.98 bits per heavy atom. The first-order valence-corrected chi connectivity index (χ1v) is 18.7. The van der Waals surface area contributed by atoms with Gasteiger partial charge in [0.2, 0.25) is 0 Å². The van der Waals surface area contributed by atoms with Crippen molar-refractivity contribution in [3.8, 4) is 79.2 Å². The molecule has 0 fully saturated rings. The van der Waals surface area contributed by atoms with Gasteiger partial charge >= 0.3 is 0 Å². The predicted molar refractivity (Wildman–Crippen MR) is 223 cm³/mol. The zero-order valence-electron chi connectivity index (χ0n) is 30.4. The van der Waals surface area contributed by atoms with Gasteiger partial charge in [0.15, 0.2) is 28.8 Å². The first-order valence-electron chi connectivity index (χ1n) is 18.7. The summed E-state index contributed by atoms with van der Waals surface area (Å²) in [5.74, 6) is 3.52. The fourth-order valence-corrected chi connectivity index (χ4v) is 8.62. The molecule has 11 rings (SSSR count). The lowest BCUT2D eigenvalue weighted by molar-refractivity contribution is 0.361. The van der Waals surface area contributed by atoms with E-state index in [9.17, 15) is 0 Å². The van der Waals surface area contributed by atoms with Gasteiger partial charge in [0.25, 0.3) is 0 Å². The van der Waals surface area contributed by atoms with E-state index in [0.717, 1.165) is 50.5 Å². The third-order valence-electron chi connectivity index (χ3n) is 11.4. The van der Waals surface area contributed by atoms with Crippen molar-refractivity contribution in [2.24, 2.45) is 0 Å². The number of ether oxygens (including phenoxy) is 2. The van der Waals surface area contributed by atoms with Crippen molar-refractivity contribution in [1.29, 1.82) is 0 Å². The van der Waals surface area contributed by atoms with E-state index in [1.165, 1.54) is 38.2 Å². The van der Waals surface area contributed by atoms with Crippen molar-refractivity contribution < 1.29 is 9.47 Å². The molecule has 2 aliphatic rings. The standard InChI is InChI=1S/C51H34N2O2/c1-51(2)41-21-11-10-19-40(41)47-42(51)27-28-46-49(47)55-45-22-12-20-39(48(45)54-46)37-17-8-9-18-38(37)44-30-43(52-50(53-44)32-14-4-3-5-15-32)34-25-26-36-33(29-34)24-23-31-13-6-7-16-35(31)36/h3-30H,1-2H3. The molecule has 2 heterocycles. The van der Waals surface area contributed by atoms with E-state index in [1.807, 2.05) is 30.3 Å². The summed E-state index contributed by atoms with van der Waals surface area (Å²) in [6.45, 7) is 4.56. The molecule has 0 bridgehead atoms. The Morgan fingerprint density at radius 2 is 1.09 bits per heavy atom. The number of rotatable bonds is 4. The molecule has 4 nitrogen and oxygen atoms in total. The largest absolute Gasteiger partial charge is 0.449 e. The molecule has 0 spiro atoms. The highest BCUT2D eigenvalue weighted by atomic mass is 16.6. The predicted octanol–water partition coefficient (Wildman–Crippen LogP) is 13.7. The minimum absolute atomic E-state index is 0.137. The van der Waals surface area contributed by atoms with Gasteiger partial charge in [0, 0.05) is 33.2 Å². The molecule has 1 aromatic heterocycles. The van der Waals surface area contributed by atoms with Gasteiger partial charge in [-0.05, 0) is 68.1 Å². The number of fused-ring (bicyclic) bond motifs is 9. The number of nitrogens with zero attached hydrogens (tertiary/aromatic N) is 2. The normalized spacial score (nSPS) is 13.3. The molecule has 55 heavy (non-hydrogen) atoms. The summed E-state index contributed by atoms with van der Waals surface area (Å²) in [4.78, 5) is 10.4.